The highest BCUT2D eigenvalue weighted by atomic mass is 32.2. The zero-order valence-electron chi connectivity index (χ0n) is 17.5. The summed E-state index contributed by atoms with van der Waals surface area (Å²) in [7, 11) is 0.149. The smallest absolute Gasteiger partial charge is 0.433 e. The van der Waals surface area contributed by atoms with Crippen LogP contribution < -0.4 is 4.74 Å². The molecule has 3 rings (SSSR count). The molecular formula is C20H20F3N5O2S. The Labute approximate surface area is 179 Å². The molecule has 3 aromatic heterocycles. The Morgan fingerprint density at radius 2 is 1.94 bits per heavy atom. The van der Waals surface area contributed by atoms with E-state index in [-0.39, 0.29) is 22.8 Å². The van der Waals surface area contributed by atoms with Crippen molar-refractivity contribution in [2.45, 2.75) is 44.4 Å². The van der Waals surface area contributed by atoms with Crippen molar-refractivity contribution in [1.29, 1.82) is 5.26 Å². The Balaban J connectivity index is 2.23. The third kappa shape index (κ3) is 4.39. The molecule has 0 spiro atoms. The second-order valence-corrected chi connectivity index (χ2v) is 9.04. The molecule has 0 amide bonds. The SMILES string of the molecule is CC[S@@](=O)c1cc(OC(C)(C)C#N)c(C)nc1-c1nc2cc(C(F)(F)F)ncc2n1C. The van der Waals surface area contributed by atoms with Gasteiger partial charge in [0.2, 0.25) is 0 Å². The van der Waals surface area contributed by atoms with Crippen molar-refractivity contribution in [3.05, 3.63) is 29.7 Å². The van der Waals surface area contributed by atoms with Crippen molar-refractivity contribution >= 4 is 21.8 Å². The minimum atomic E-state index is -4.60. The van der Waals surface area contributed by atoms with Crippen molar-refractivity contribution < 1.29 is 22.1 Å². The van der Waals surface area contributed by atoms with Crippen molar-refractivity contribution in [3.63, 3.8) is 0 Å². The third-order valence-electron chi connectivity index (χ3n) is 4.54. The monoisotopic (exact) mass is 451 g/mol. The van der Waals surface area contributed by atoms with Gasteiger partial charge in [-0.15, -0.1) is 0 Å². The molecule has 0 aromatic carbocycles. The summed E-state index contributed by atoms with van der Waals surface area (Å²) in [6.07, 6.45) is -3.49. The van der Waals surface area contributed by atoms with Gasteiger partial charge in [-0.3, -0.25) is 4.21 Å². The van der Waals surface area contributed by atoms with Gasteiger partial charge in [0.15, 0.2) is 11.4 Å². The van der Waals surface area contributed by atoms with Crippen LogP contribution >= 0.6 is 0 Å². The summed E-state index contributed by atoms with van der Waals surface area (Å²) in [6.45, 7) is 6.58. The van der Waals surface area contributed by atoms with Gasteiger partial charge in [0.05, 0.1) is 38.6 Å². The number of aromatic nitrogens is 4. The molecule has 3 aromatic rings. The maximum atomic E-state index is 13.0. The first-order valence-corrected chi connectivity index (χ1v) is 10.6. The largest absolute Gasteiger partial charge is 0.471 e. The molecule has 0 aliphatic heterocycles. The summed E-state index contributed by atoms with van der Waals surface area (Å²) >= 11 is 0. The Hall–Kier alpha value is -3.00. The van der Waals surface area contributed by atoms with Gasteiger partial charge in [-0.1, -0.05) is 6.92 Å². The summed E-state index contributed by atoms with van der Waals surface area (Å²) in [5, 5.41) is 9.25. The van der Waals surface area contributed by atoms with Gasteiger partial charge >= 0.3 is 6.18 Å². The zero-order valence-corrected chi connectivity index (χ0v) is 18.4. The van der Waals surface area contributed by atoms with Gasteiger partial charge in [0, 0.05) is 18.9 Å². The van der Waals surface area contributed by atoms with E-state index >= 15 is 0 Å². The molecule has 164 valence electrons. The number of fused-ring (bicyclic) bond motifs is 1. The van der Waals surface area contributed by atoms with E-state index in [0.717, 1.165) is 12.3 Å². The molecule has 11 heteroatoms. The average Bonchev–Trinajstić information content (AvgIpc) is 3.03. The van der Waals surface area contributed by atoms with Crippen LogP contribution in [0.15, 0.2) is 23.2 Å². The Morgan fingerprint density at radius 3 is 2.52 bits per heavy atom. The quantitative estimate of drug-likeness (QED) is 0.578. The van der Waals surface area contributed by atoms with Crippen LogP contribution in [0.1, 0.15) is 32.2 Å². The molecule has 0 aliphatic carbocycles. The molecule has 0 unspecified atom stereocenters. The predicted octanol–water partition coefficient (Wildman–Crippen LogP) is 4.17. The first kappa shape index (κ1) is 22.7. The number of aryl methyl sites for hydroxylation is 2. The average molecular weight is 451 g/mol. The van der Waals surface area contributed by atoms with Gasteiger partial charge in [-0.25, -0.2) is 15.0 Å². The second kappa shape index (κ2) is 7.92. The lowest BCUT2D eigenvalue weighted by Gasteiger charge is -2.21. The lowest BCUT2D eigenvalue weighted by atomic mass is 10.1. The Morgan fingerprint density at radius 1 is 1.26 bits per heavy atom. The summed E-state index contributed by atoms with van der Waals surface area (Å²) in [4.78, 5) is 12.6. The van der Waals surface area contributed by atoms with Crippen LogP contribution in [0.5, 0.6) is 5.75 Å². The number of hydrogen-bond acceptors (Lipinski definition) is 6. The van der Waals surface area contributed by atoms with Gasteiger partial charge in [-0.05, 0) is 26.8 Å². The molecular weight excluding hydrogens is 431 g/mol. The summed E-state index contributed by atoms with van der Waals surface area (Å²) < 4.78 is 59.2. The highest BCUT2D eigenvalue weighted by molar-refractivity contribution is 7.85. The van der Waals surface area contributed by atoms with E-state index in [1.54, 1.807) is 45.4 Å². The number of alkyl halides is 3. The fourth-order valence-corrected chi connectivity index (χ4v) is 3.82. The van der Waals surface area contributed by atoms with E-state index in [1.165, 1.54) is 0 Å². The number of hydrogen-bond donors (Lipinski definition) is 0. The van der Waals surface area contributed by atoms with Crippen LogP contribution in [0.25, 0.3) is 22.6 Å². The van der Waals surface area contributed by atoms with Crippen LogP contribution in [-0.2, 0) is 24.0 Å². The summed E-state index contributed by atoms with van der Waals surface area (Å²) in [5.41, 5.74) is -1.01. The van der Waals surface area contributed by atoms with Crippen molar-refractivity contribution in [2.24, 2.45) is 7.05 Å². The maximum absolute atomic E-state index is 13.0. The highest BCUT2D eigenvalue weighted by Gasteiger charge is 2.33. The fourth-order valence-electron chi connectivity index (χ4n) is 2.92. The summed E-state index contributed by atoms with van der Waals surface area (Å²) in [5.74, 6) is 0.830. The van der Waals surface area contributed by atoms with Crippen LogP contribution in [0, 0.1) is 18.3 Å². The standard InChI is InChI=1S/C20H20F3N5O2S/c1-6-31(29)15-8-14(30-19(3,4)10-24)11(2)26-17(15)18-27-12-7-16(20(21,22)23)25-9-13(12)28(18)5/h7-9H,6H2,1-5H3/t31-/m1/s1. The van der Waals surface area contributed by atoms with Crippen molar-refractivity contribution in [3.8, 4) is 23.3 Å². The number of nitriles is 1. The Kier molecular flexibility index (Phi) is 5.80. The molecule has 1 atom stereocenters. The van der Waals surface area contributed by atoms with Crippen LogP contribution in [0.3, 0.4) is 0 Å². The normalized spacial score (nSPS) is 13.3. The molecule has 0 saturated carbocycles. The predicted molar refractivity (Wildman–Crippen MR) is 109 cm³/mol. The minimum Gasteiger partial charge on any atom is -0.471 e. The number of nitrogens with zero attached hydrogens (tertiary/aromatic N) is 5. The molecule has 0 N–H and O–H groups in total. The van der Waals surface area contributed by atoms with Gasteiger partial charge < -0.3 is 9.30 Å². The van der Waals surface area contributed by atoms with E-state index in [4.69, 9.17) is 4.74 Å². The Bertz CT molecular complexity index is 1230. The minimum absolute atomic E-state index is 0.0958. The van der Waals surface area contributed by atoms with Crippen molar-refractivity contribution in [2.75, 3.05) is 5.75 Å². The second-order valence-electron chi connectivity index (χ2n) is 7.33. The summed E-state index contributed by atoms with van der Waals surface area (Å²) in [6, 6.07) is 4.45. The van der Waals surface area contributed by atoms with E-state index in [0.29, 0.717) is 21.9 Å². The van der Waals surface area contributed by atoms with E-state index in [9.17, 15) is 22.6 Å². The van der Waals surface area contributed by atoms with Gasteiger partial charge in [0.25, 0.3) is 0 Å². The molecule has 3 heterocycles. The van der Waals surface area contributed by atoms with Crippen molar-refractivity contribution in [1.82, 2.24) is 19.5 Å². The molecule has 0 bridgehead atoms. The molecule has 0 radical (unpaired) electrons. The number of halogens is 3. The number of ether oxygens (including phenoxy) is 1. The molecule has 0 fully saturated rings. The third-order valence-corrected chi connectivity index (χ3v) is 5.87. The van der Waals surface area contributed by atoms with Gasteiger partial charge in [0.1, 0.15) is 23.2 Å². The zero-order chi connectivity index (χ0) is 23.1. The van der Waals surface area contributed by atoms with E-state index in [2.05, 4.69) is 15.0 Å². The topological polar surface area (TPSA) is 93.7 Å². The first-order chi connectivity index (χ1) is 14.4. The first-order valence-electron chi connectivity index (χ1n) is 9.28. The maximum Gasteiger partial charge on any atom is 0.433 e. The lowest BCUT2D eigenvalue weighted by molar-refractivity contribution is -0.141. The lowest BCUT2D eigenvalue weighted by Crippen LogP contribution is -2.26. The van der Waals surface area contributed by atoms with Crippen LogP contribution in [0.2, 0.25) is 0 Å². The number of imidazole rings is 1. The number of pyridine rings is 2. The number of rotatable bonds is 5. The van der Waals surface area contributed by atoms with E-state index in [1.807, 2.05) is 6.07 Å². The van der Waals surface area contributed by atoms with Crippen LogP contribution in [0.4, 0.5) is 13.2 Å². The molecule has 31 heavy (non-hydrogen) atoms. The van der Waals surface area contributed by atoms with E-state index < -0.39 is 28.3 Å². The fraction of sp³-hybridized carbons (Fsp3) is 0.400. The molecule has 7 nitrogen and oxygen atoms in total. The molecule has 0 aliphatic rings. The highest BCUT2D eigenvalue weighted by Crippen LogP contribution is 2.34. The van der Waals surface area contributed by atoms with Crippen LogP contribution in [-0.4, -0.2) is 35.1 Å². The molecule has 0 saturated heterocycles. The van der Waals surface area contributed by atoms with Gasteiger partial charge in [-0.2, -0.15) is 18.4 Å².